The summed E-state index contributed by atoms with van der Waals surface area (Å²) >= 11 is 0. The predicted octanol–water partition coefficient (Wildman–Crippen LogP) is 0.716. The molecule has 0 bridgehead atoms. The van der Waals surface area contributed by atoms with Gasteiger partial charge in [-0.3, -0.25) is 4.79 Å². The van der Waals surface area contributed by atoms with E-state index in [0.717, 1.165) is 5.56 Å². The Morgan fingerprint density at radius 2 is 2.00 bits per heavy atom. The van der Waals surface area contributed by atoms with Crippen LogP contribution in [-0.2, 0) is 4.79 Å². The minimum absolute atomic E-state index is 0.0336. The van der Waals surface area contributed by atoms with Gasteiger partial charge in [0.1, 0.15) is 5.75 Å². The van der Waals surface area contributed by atoms with E-state index in [-0.39, 0.29) is 18.6 Å². The predicted molar refractivity (Wildman–Crippen MR) is 56.3 cm³/mol. The number of aliphatic carboxylic acids is 1. The minimum atomic E-state index is -1.21. The summed E-state index contributed by atoms with van der Waals surface area (Å²) in [5, 5.41) is 10.2. The van der Waals surface area contributed by atoms with Crippen LogP contribution in [0, 0.1) is 6.92 Å². The molecule has 4 heteroatoms. The Hall–Kier alpha value is -1.84. The molecule has 0 heterocycles. The third-order valence-corrected chi connectivity index (χ3v) is 2.27. The van der Waals surface area contributed by atoms with E-state index in [2.05, 4.69) is 0 Å². The number of ether oxygens (including phenoxy) is 1. The lowest BCUT2D eigenvalue weighted by Crippen LogP contribution is -2.22. The summed E-state index contributed by atoms with van der Waals surface area (Å²) in [5.41, 5.74) is 1.35. The molecule has 0 spiro atoms. The first-order chi connectivity index (χ1) is 7.54. The van der Waals surface area contributed by atoms with Crippen molar-refractivity contribution in [3.8, 4) is 5.75 Å². The van der Waals surface area contributed by atoms with E-state index in [9.17, 15) is 14.7 Å². The van der Waals surface area contributed by atoms with Gasteiger partial charge < -0.3 is 14.6 Å². The number of rotatable bonds is 5. The van der Waals surface area contributed by atoms with Gasteiger partial charge in [0.25, 0.3) is 0 Å². The second-order valence-corrected chi connectivity index (χ2v) is 3.48. The van der Waals surface area contributed by atoms with Crippen LogP contribution >= 0.6 is 0 Å². The molecule has 0 saturated carbocycles. The van der Waals surface area contributed by atoms with E-state index >= 15 is 0 Å². The first-order valence-corrected chi connectivity index (χ1v) is 4.92. The molecular weight excluding hydrogens is 208 g/mol. The van der Waals surface area contributed by atoms with Crippen LogP contribution in [0.25, 0.3) is 0 Å². The summed E-state index contributed by atoms with van der Waals surface area (Å²) in [4.78, 5) is 21.8. The van der Waals surface area contributed by atoms with Gasteiger partial charge in [-0.25, -0.2) is 0 Å². The standard InChI is InChI=1S/C12H14O4/c1-8-7-9(3-5-11(8)16-2)10(13)4-6-12(14)15/h3,5,7H,4,6H2,1-2H3,(H,14,15)/p-1. The summed E-state index contributed by atoms with van der Waals surface area (Å²) < 4.78 is 5.06. The maximum Gasteiger partial charge on any atom is 0.163 e. The van der Waals surface area contributed by atoms with E-state index in [0.29, 0.717) is 11.3 Å². The molecule has 1 aromatic rings. The van der Waals surface area contributed by atoms with Crippen LogP contribution in [-0.4, -0.2) is 18.9 Å². The monoisotopic (exact) mass is 221 g/mol. The Kier molecular flexibility index (Phi) is 4.05. The highest BCUT2D eigenvalue weighted by Crippen LogP contribution is 2.19. The molecule has 16 heavy (non-hydrogen) atoms. The van der Waals surface area contributed by atoms with Crippen molar-refractivity contribution in [3.05, 3.63) is 29.3 Å². The topological polar surface area (TPSA) is 66.4 Å². The first-order valence-electron chi connectivity index (χ1n) is 4.92. The zero-order valence-electron chi connectivity index (χ0n) is 9.28. The van der Waals surface area contributed by atoms with Gasteiger partial charge in [-0.05, 0) is 37.1 Å². The van der Waals surface area contributed by atoms with Gasteiger partial charge in [0.2, 0.25) is 0 Å². The van der Waals surface area contributed by atoms with Crippen molar-refractivity contribution < 1.29 is 19.4 Å². The number of hydrogen-bond donors (Lipinski definition) is 0. The number of carboxylic acid groups (broad SMARTS) is 1. The van der Waals surface area contributed by atoms with Gasteiger partial charge in [0.05, 0.1) is 7.11 Å². The van der Waals surface area contributed by atoms with Crippen molar-refractivity contribution >= 4 is 11.8 Å². The van der Waals surface area contributed by atoms with Crippen LogP contribution in [0.2, 0.25) is 0 Å². The maximum atomic E-state index is 11.6. The van der Waals surface area contributed by atoms with Crippen LogP contribution in [0.1, 0.15) is 28.8 Å². The molecule has 1 aromatic carbocycles. The lowest BCUT2D eigenvalue weighted by molar-refractivity contribution is -0.305. The lowest BCUT2D eigenvalue weighted by Gasteiger charge is -2.07. The molecule has 0 radical (unpaired) electrons. The van der Waals surface area contributed by atoms with Crippen LogP contribution < -0.4 is 9.84 Å². The Morgan fingerprint density at radius 1 is 1.31 bits per heavy atom. The average molecular weight is 221 g/mol. The lowest BCUT2D eigenvalue weighted by atomic mass is 10.0. The highest BCUT2D eigenvalue weighted by atomic mass is 16.5. The zero-order chi connectivity index (χ0) is 12.1. The van der Waals surface area contributed by atoms with Gasteiger partial charge >= 0.3 is 0 Å². The van der Waals surface area contributed by atoms with E-state index in [4.69, 9.17) is 4.74 Å². The number of benzene rings is 1. The van der Waals surface area contributed by atoms with Gasteiger partial charge in [0, 0.05) is 18.0 Å². The second-order valence-electron chi connectivity index (χ2n) is 3.48. The average Bonchev–Trinajstić information content (AvgIpc) is 2.25. The molecule has 0 saturated heterocycles. The normalized spacial score (nSPS) is 9.88. The van der Waals surface area contributed by atoms with Gasteiger partial charge in [0.15, 0.2) is 5.78 Å². The van der Waals surface area contributed by atoms with Crippen LogP contribution in [0.15, 0.2) is 18.2 Å². The largest absolute Gasteiger partial charge is 0.550 e. The quantitative estimate of drug-likeness (QED) is 0.687. The van der Waals surface area contributed by atoms with E-state index in [1.807, 2.05) is 6.92 Å². The molecule has 1 rings (SSSR count). The summed E-state index contributed by atoms with van der Waals surface area (Å²) in [7, 11) is 1.56. The molecule has 0 aromatic heterocycles. The number of hydrogen-bond acceptors (Lipinski definition) is 4. The SMILES string of the molecule is COc1ccc(C(=O)CCC(=O)[O-])cc1C. The Balaban J connectivity index is 2.77. The third kappa shape index (κ3) is 3.08. The van der Waals surface area contributed by atoms with Crippen LogP contribution in [0.3, 0.4) is 0 Å². The molecule has 0 aliphatic rings. The molecule has 0 N–H and O–H groups in total. The zero-order valence-corrected chi connectivity index (χ0v) is 9.28. The van der Waals surface area contributed by atoms with Crippen molar-refractivity contribution in [1.82, 2.24) is 0 Å². The van der Waals surface area contributed by atoms with Gasteiger partial charge in [-0.15, -0.1) is 0 Å². The number of ketones is 1. The molecule has 0 fully saturated rings. The molecule has 0 atom stereocenters. The molecule has 0 unspecified atom stereocenters. The minimum Gasteiger partial charge on any atom is -0.550 e. The fourth-order valence-electron chi connectivity index (χ4n) is 1.41. The van der Waals surface area contributed by atoms with Crippen molar-refractivity contribution in [3.63, 3.8) is 0 Å². The molecule has 0 amide bonds. The van der Waals surface area contributed by atoms with Gasteiger partial charge in [-0.1, -0.05) is 0 Å². The highest BCUT2D eigenvalue weighted by Gasteiger charge is 2.07. The number of carbonyl (C=O) groups excluding carboxylic acids is 2. The number of methoxy groups -OCH3 is 1. The van der Waals surface area contributed by atoms with Crippen molar-refractivity contribution in [2.45, 2.75) is 19.8 Å². The van der Waals surface area contributed by atoms with E-state index in [1.165, 1.54) is 0 Å². The molecule has 4 nitrogen and oxygen atoms in total. The second kappa shape index (κ2) is 5.30. The number of carbonyl (C=O) groups is 2. The van der Waals surface area contributed by atoms with Gasteiger partial charge in [-0.2, -0.15) is 0 Å². The summed E-state index contributed by atoms with van der Waals surface area (Å²) in [6.45, 7) is 1.83. The fourth-order valence-corrected chi connectivity index (χ4v) is 1.41. The number of Topliss-reactive ketones (excluding diaryl/α,β-unsaturated/α-hetero) is 1. The maximum absolute atomic E-state index is 11.6. The number of aryl methyl sites for hydroxylation is 1. The molecule has 0 aliphatic carbocycles. The summed E-state index contributed by atoms with van der Waals surface area (Å²) in [5.74, 6) is -0.704. The Labute approximate surface area is 93.9 Å². The highest BCUT2D eigenvalue weighted by molar-refractivity contribution is 5.97. The molecule has 0 aliphatic heterocycles. The van der Waals surface area contributed by atoms with Crippen molar-refractivity contribution in [1.29, 1.82) is 0 Å². The summed E-state index contributed by atoms with van der Waals surface area (Å²) in [6.07, 6.45) is -0.280. The van der Waals surface area contributed by atoms with Crippen LogP contribution in [0.5, 0.6) is 5.75 Å². The van der Waals surface area contributed by atoms with E-state index < -0.39 is 5.97 Å². The number of carboxylic acids is 1. The molecule has 86 valence electrons. The van der Waals surface area contributed by atoms with Crippen molar-refractivity contribution in [2.75, 3.05) is 7.11 Å². The first kappa shape index (κ1) is 12.2. The Bertz CT molecular complexity index is 409. The smallest absolute Gasteiger partial charge is 0.163 e. The summed E-state index contributed by atoms with van der Waals surface area (Å²) in [6, 6.07) is 5.02. The fraction of sp³-hybridized carbons (Fsp3) is 0.333. The van der Waals surface area contributed by atoms with Crippen LogP contribution in [0.4, 0.5) is 0 Å². The Morgan fingerprint density at radius 3 is 2.50 bits per heavy atom. The van der Waals surface area contributed by atoms with Crippen molar-refractivity contribution in [2.24, 2.45) is 0 Å². The molecular formula is C12H13O4-. The third-order valence-electron chi connectivity index (χ3n) is 2.27. The van der Waals surface area contributed by atoms with E-state index in [1.54, 1.807) is 25.3 Å².